The molecule has 0 atom stereocenters. The van der Waals surface area contributed by atoms with Crippen LogP contribution in [0, 0.1) is 0 Å². The average Bonchev–Trinajstić information content (AvgIpc) is 0.894. The van der Waals surface area contributed by atoms with Crippen LogP contribution >= 0.6 is 63.1 Å². The van der Waals surface area contributed by atoms with Crippen LogP contribution in [0.15, 0.2) is 267 Å². The summed E-state index contributed by atoms with van der Waals surface area (Å²) in [6.07, 6.45) is 4.75. The standard InChI is InChI=1S/5C16H16O3S.5FH/c5*1-2-11-18-13-5-3-12(4-6-13)16(17)19-14-7-9-15(20)10-8-14;;;;;/h5*3-10,20H,2,11H2,1H3;5*1H. The zero-order valence-electron chi connectivity index (χ0n) is 58.1. The van der Waals surface area contributed by atoms with Gasteiger partial charge in [0.15, 0.2) is 0 Å². The second-order valence-electron chi connectivity index (χ2n) is 21.3. The van der Waals surface area contributed by atoms with Crippen LogP contribution in [-0.4, -0.2) is 62.9 Å². The van der Waals surface area contributed by atoms with E-state index in [0.29, 0.717) is 89.6 Å². The van der Waals surface area contributed by atoms with Gasteiger partial charge in [0.25, 0.3) is 0 Å². The Morgan fingerprint density at radius 2 is 0.314 bits per heavy atom. The van der Waals surface area contributed by atoms with E-state index in [4.69, 9.17) is 47.4 Å². The van der Waals surface area contributed by atoms with Crippen molar-refractivity contribution in [3.8, 4) is 57.5 Å². The quantitative estimate of drug-likeness (QED) is 0.0158. The van der Waals surface area contributed by atoms with Gasteiger partial charge in [0.05, 0.1) is 60.9 Å². The van der Waals surface area contributed by atoms with Crippen molar-refractivity contribution < 1.29 is 94.9 Å². The molecule has 15 nitrogen and oxygen atoms in total. The minimum Gasteiger partial charge on any atom is -0.494 e. The van der Waals surface area contributed by atoms with Crippen LogP contribution in [0.2, 0.25) is 0 Å². The van der Waals surface area contributed by atoms with E-state index in [1.807, 2.05) is 34.6 Å². The van der Waals surface area contributed by atoms with Gasteiger partial charge < -0.3 is 47.4 Å². The molecule has 0 N–H and O–H groups in total. The van der Waals surface area contributed by atoms with Crippen molar-refractivity contribution in [3.05, 3.63) is 270 Å². The number of carbonyl (C=O) groups is 5. The first-order valence-corrected chi connectivity index (χ1v) is 34.4. The molecular formula is C80H85F5O15S5. The number of hydrogen-bond acceptors (Lipinski definition) is 20. The van der Waals surface area contributed by atoms with Gasteiger partial charge in [-0.1, -0.05) is 34.6 Å². The Morgan fingerprint density at radius 1 is 0.200 bits per heavy atom. The fourth-order valence-electron chi connectivity index (χ4n) is 7.94. The fourth-order valence-corrected chi connectivity index (χ4v) is 8.68. The fraction of sp³-hybridized carbons (Fsp3) is 0.188. The number of thiol groups is 5. The van der Waals surface area contributed by atoms with Crippen molar-refractivity contribution in [2.75, 3.05) is 33.0 Å². The van der Waals surface area contributed by atoms with Crippen molar-refractivity contribution in [1.29, 1.82) is 0 Å². The molecule has 10 aromatic rings. The highest BCUT2D eigenvalue weighted by atomic mass is 32.1. The van der Waals surface area contributed by atoms with Crippen LogP contribution in [-0.2, 0) is 0 Å². The molecule has 105 heavy (non-hydrogen) atoms. The smallest absolute Gasteiger partial charge is 0.343 e. The molecule has 0 aliphatic carbocycles. The molecule has 0 aliphatic heterocycles. The van der Waals surface area contributed by atoms with Gasteiger partial charge in [0, 0.05) is 24.5 Å². The molecule has 0 radical (unpaired) electrons. The summed E-state index contributed by atoms with van der Waals surface area (Å²) in [5.74, 6) is 4.31. The largest absolute Gasteiger partial charge is 0.494 e. The lowest BCUT2D eigenvalue weighted by Crippen LogP contribution is -2.08. The molecule has 0 aromatic heterocycles. The van der Waals surface area contributed by atoms with E-state index < -0.39 is 0 Å². The summed E-state index contributed by atoms with van der Waals surface area (Å²) in [4.78, 5) is 63.8. The van der Waals surface area contributed by atoms with Gasteiger partial charge in [-0.2, -0.15) is 0 Å². The Kier molecular flexibility index (Phi) is 46.0. The van der Waals surface area contributed by atoms with E-state index in [0.717, 1.165) is 85.3 Å². The van der Waals surface area contributed by atoms with Crippen molar-refractivity contribution in [2.24, 2.45) is 0 Å². The first-order chi connectivity index (χ1) is 48.4. The lowest BCUT2D eigenvalue weighted by molar-refractivity contribution is 0.0725. The van der Waals surface area contributed by atoms with Crippen LogP contribution in [0.4, 0.5) is 23.5 Å². The minimum absolute atomic E-state index is 0. The molecule has 0 unspecified atom stereocenters. The van der Waals surface area contributed by atoms with Crippen LogP contribution in [0.1, 0.15) is 119 Å². The number of benzene rings is 10. The van der Waals surface area contributed by atoms with Crippen molar-refractivity contribution in [2.45, 2.75) is 91.2 Å². The molecule has 0 saturated carbocycles. The molecule has 0 bridgehead atoms. The van der Waals surface area contributed by atoms with E-state index in [1.54, 1.807) is 243 Å². The molecule has 10 aromatic carbocycles. The third kappa shape index (κ3) is 35.3. The summed E-state index contributed by atoms with van der Waals surface area (Å²) in [6.45, 7) is 13.6. The molecule has 0 saturated heterocycles. The Morgan fingerprint density at radius 3 is 0.429 bits per heavy atom. The van der Waals surface area contributed by atoms with Gasteiger partial charge in [-0.3, -0.25) is 23.5 Å². The van der Waals surface area contributed by atoms with Crippen LogP contribution < -0.4 is 47.4 Å². The highest BCUT2D eigenvalue weighted by Gasteiger charge is 2.14. The maximum Gasteiger partial charge on any atom is 0.343 e. The van der Waals surface area contributed by atoms with E-state index in [9.17, 15) is 24.0 Å². The minimum atomic E-state index is -0.390. The lowest BCUT2D eigenvalue weighted by Gasteiger charge is -2.06. The van der Waals surface area contributed by atoms with Gasteiger partial charge >= 0.3 is 29.8 Å². The molecule has 0 amide bonds. The van der Waals surface area contributed by atoms with Gasteiger partial charge in [0.1, 0.15) is 57.5 Å². The van der Waals surface area contributed by atoms with Gasteiger partial charge in [-0.05, 0) is 275 Å². The molecule has 25 heteroatoms. The summed E-state index contributed by atoms with van der Waals surface area (Å²) >= 11 is 20.9. The molecule has 0 aliphatic rings. The third-order valence-corrected chi connectivity index (χ3v) is 14.5. The molecule has 10 rings (SSSR count). The number of hydrogen-bond donors (Lipinski definition) is 5. The third-order valence-electron chi connectivity index (χ3n) is 13.1. The van der Waals surface area contributed by atoms with Crippen molar-refractivity contribution in [1.82, 2.24) is 0 Å². The predicted molar refractivity (Wildman–Crippen MR) is 417 cm³/mol. The molecular weight excluding hydrogens is 1460 g/mol. The summed E-state index contributed by atoms with van der Waals surface area (Å²) in [6, 6.07) is 69.4. The summed E-state index contributed by atoms with van der Waals surface area (Å²) in [5, 5.41) is 0. The molecule has 0 heterocycles. The number of rotatable bonds is 25. The Labute approximate surface area is 636 Å². The molecule has 560 valence electrons. The van der Waals surface area contributed by atoms with Gasteiger partial charge in [-0.15, -0.1) is 63.1 Å². The van der Waals surface area contributed by atoms with Crippen molar-refractivity contribution in [3.63, 3.8) is 0 Å². The zero-order chi connectivity index (χ0) is 71.9. The van der Waals surface area contributed by atoms with E-state index >= 15 is 0 Å². The normalized spacial score (nSPS) is 9.62. The summed E-state index contributed by atoms with van der Waals surface area (Å²) in [5.41, 5.74) is 2.45. The number of carbonyl (C=O) groups excluding carboxylic acids is 5. The van der Waals surface area contributed by atoms with E-state index in [-0.39, 0.29) is 53.4 Å². The highest BCUT2D eigenvalue weighted by Crippen LogP contribution is 2.24. The van der Waals surface area contributed by atoms with Gasteiger partial charge in [-0.25, -0.2) is 24.0 Å². The second kappa shape index (κ2) is 52.0. The Balaban J connectivity index is 0.000000649. The summed E-state index contributed by atoms with van der Waals surface area (Å²) < 4.78 is 53.6. The summed E-state index contributed by atoms with van der Waals surface area (Å²) in [7, 11) is 0. The zero-order valence-corrected chi connectivity index (χ0v) is 62.5. The van der Waals surface area contributed by atoms with E-state index in [2.05, 4.69) is 63.1 Å². The first kappa shape index (κ1) is 93.0. The molecule has 0 fully saturated rings. The predicted octanol–water partition coefficient (Wildman–Crippen LogP) is 20.7. The molecule has 0 spiro atoms. The highest BCUT2D eigenvalue weighted by molar-refractivity contribution is 7.81. The first-order valence-electron chi connectivity index (χ1n) is 32.1. The maximum absolute atomic E-state index is 11.9. The second-order valence-corrected chi connectivity index (χ2v) is 23.9. The van der Waals surface area contributed by atoms with Crippen molar-refractivity contribution >= 4 is 93.0 Å². The van der Waals surface area contributed by atoms with Crippen LogP contribution in [0.25, 0.3) is 0 Å². The van der Waals surface area contributed by atoms with Crippen LogP contribution in [0.5, 0.6) is 57.5 Å². The average molecular weight is 1540 g/mol. The Hall–Kier alpha value is -10.1. The maximum atomic E-state index is 11.9. The number of halogens is 5. The van der Waals surface area contributed by atoms with E-state index in [1.165, 1.54) is 0 Å². The van der Waals surface area contributed by atoms with Gasteiger partial charge in [0.2, 0.25) is 0 Å². The number of esters is 5. The SMILES string of the molecule is CCCOc1ccc(C(=O)Oc2ccc(S)cc2)cc1.CCCOc1ccc(C(=O)Oc2ccc(S)cc2)cc1.CCCOc1ccc(C(=O)Oc2ccc(S)cc2)cc1.CCCOc1ccc(C(=O)Oc2ccc(S)cc2)cc1.CCCOc1ccc(C(=O)Oc2ccc(S)cc2)cc1.F.F.F.F.F. The Bertz CT molecular complexity index is 3460. The monoisotopic (exact) mass is 1540 g/mol. The lowest BCUT2D eigenvalue weighted by atomic mass is 10.2. The topological polar surface area (TPSA) is 178 Å². The number of ether oxygens (including phenoxy) is 10. The van der Waals surface area contributed by atoms with Crippen LogP contribution in [0.3, 0.4) is 0 Å².